The van der Waals surface area contributed by atoms with Crippen LogP contribution in [0.15, 0.2) is 18.2 Å². The Morgan fingerprint density at radius 1 is 1.15 bits per heavy atom. The second-order valence-corrected chi connectivity index (χ2v) is 6.68. The molecule has 2 rings (SSSR count). The van der Waals surface area contributed by atoms with Gasteiger partial charge in [-0.25, -0.2) is 4.39 Å². The topological polar surface area (TPSA) is 18.5 Å². The van der Waals surface area contributed by atoms with Gasteiger partial charge in [0, 0.05) is 0 Å². The summed E-state index contributed by atoms with van der Waals surface area (Å²) in [5.41, 5.74) is 0.702. The molecule has 0 amide bonds. The predicted molar refractivity (Wildman–Crippen MR) is 80.8 cm³/mol. The summed E-state index contributed by atoms with van der Waals surface area (Å²) in [5.74, 6) is 0.0499. The van der Waals surface area contributed by atoms with E-state index in [-0.39, 0.29) is 11.7 Å². The molecule has 0 aromatic heterocycles. The Labute approximate surface area is 121 Å². The van der Waals surface area contributed by atoms with Crippen molar-refractivity contribution in [2.45, 2.75) is 65.1 Å². The minimum absolute atomic E-state index is 0.174. The highest BCUT2D eigenvalue weighted by Crippen LogP contribution is 2.36. The minimum Gasteiger partial charge on any atom is -0.399 e. The Bertz CT molecular complexity index is 483. The lowest BCUT2D eigenvalue weighted by Crippen LogP contribution is -2.41. The molecule has 0 radical (unpaired) electrons. The molecule has 1 aliphatic rings. The van der Waals surface area contributed by atoms with Crippen LogP contribution < -0.4 is 5.46 Å². The van der Waals surface area contributed by atoms with Crippen molar-refractivity contribution in [3.8, 4) is 0 Å². The van der Waals surface area contributed by atoms with Gasteiger partial charge in [0.1, 0.15) is 5.82 Å². The number of hydrogen-bond acceptors (Lipinski definition) is 2. The van der Waals surface area contributed by atoms with Gasteiger partial charge in [0.25, 0.3) is 0 Å². The lowest BCUT2D eigenvalue weighted by Gasteiger charge is -2.32. The molecule has 0 unspecified atom stereocenters. The highest BCUT2D eigenvalue weighted by Gasteiger charge is 2.51. The molecular weight excluding hydrogens is 254 g/mol. The minimum atomic E-state index is -0.500. The van der Waals surface area contributed by atoms with Crippen LogP contribution in [0.2, 0.25) is 0 Å². The fourth-order valence-electron chi connectivity index (χ4n) is 2.29. The van der Waals surface area contributed by atoms with Crippen molar-refractivity contribution in [3.63, 3.8) is 0 Å². The van der Waals surface area contributed by atoms with E-state index in [1.807, 2.05) is 46.8 Å². The van der Waals surface area contributed by atoms with Crippen molar-refractivity contribution >= 4 is 12.6 Å². The molecule has 1 saturated heterocycles. The van der Waals surface area contributed by atoms with E-state index in [2.05, 4.69) is 6.92 Å². The Balaban J connectivity index is 2.26. The summed E-state index contributed by atoms with van der Waals surface area (Å²) in [5, 5.41) is 0. The van der Waals surface area contributed by atoms with E-state index in [0.717, 1.165) is 17.4 Å². The van der Waals surface area contributed by atoms with Gasteiger partial charge in [-0.05, 0) is 57.1 Å². The Morgan fingerprint density at radius 2 is 1.70 bits per heavy atom. The van der Waals surface area contributed by atoms with Crippen LogP contribution in [0.1, 0.15) is 59.4 Å². The molecule has 0 saturated carbocycles. The van der Waals surface area contributed by atoms with E-state index in [0.29, 0.717) is 0 Å². The molecule has 0 bridgehead atoms. The number of halogens is 1. The lowest BCUT2D eigenvalue weighted by atomic mass is 9.78. The van der Waals surface area contributed by atoms with Crippen LogP contribution in [0.3, 0.4) is 0 Å². The summed E-state index contributed by atoms with van der Waals surface area (Å²) in [6.45, 7) is 12.1. The molecule has 110 valence electrons. The zero-order valence-corrected chi connectivity index (χ0v) is 13.3. The molecule has 1 fully saturated rings. The summed E-state index contributed by atoms with van der Waals surface area (Å²) < 4.78 is 26.1. The van der Waals surface area contributed by atoms with E-state index in [9.17, 15) is 4.39 Å². The zero-order chi connectivity index (χ0) is 15.1. The van der Waals surface area contributed by atoms with Gasteiger partial charge < -0.3 is 9.31 Å². The summed E-state index contributed by atoms with van der Waals surface area (Å²) in [6.07, 6.45) is 0.923. The number of benzene rings is 1. The van der Waals surface area contributed by atoms with Crippen molar-refractivity contribution in [2.75, 3.05) is 0 Å². The fraction of sp³-hybridized carbons (Fsp3) is 0.625. The number of hydrogen-bond donors (Lipinski definition) is 0. The summed E-state index contributed by atoms with van der Waals surface area (Å²) in [6, 6.07) is 5.31. The molecule has 1 aromatic carbocycles. The van der Waals surface area contributed by atoms with Gasteiger partial charge in [0.2, 0.25) is 0 Å². The van der Waals surface area contributed by atoms with Gasteiger partial charge in [-0.3, -0.25) is 0 Å². The standard InChI is InChI=1S/C16H24BFO2/c1-7-11(2)13-9-8-12(10-14(13)18)17-19-15(3,4)16(5,6)20-17/h8-11H,7H2,1-6H3/t11-/m1/s1. The molecule has 1 atom stereocenters. The maximum absolute atomic E-state index is 14.2. The Hall–Kier alpha value is -0.865. The maximum atomic E-state index is 14.2. The van der Waals surface area contributed by atoms with Crippen LogP contribution >= 0.6 is 0 Å². The predicted octanol–water partition coefficient (Wildman–Crippen LogP) is 3.64. The first-order valence-electron chi connectivity index (χ1n) is 7.33. The third kappa shape index (κ3) is 2.64. The van der Waals surface area contributed by atoms with Crippen LogP contribution in [-0.4, -0.2) is 18.3 Å². The Kier molecular flexibility index (Phi) is 4.00. The average Bonchev–Trinajstić information content (AvgIpc) is 2.57. The molecular formula is C16H24BFO2. The lowest BCUT2D eigenvalue weighted by molar-refractivity contribution is 0.00578. The molecule has 0 N–H and O–H groups in total. The van der Waals surface area contributed by atoms with Crippen molar-refractivity contribution in [1.29, 1.82) is 0 Å². The van der Waals surface area contributed by atoms with Crippen LogP contribution in [0.5, 0.6) is 0 Å². The summed E-state index contributed by atoms with van der Waals surface area (Å²) in [7, 11) is -0.500. The smallest absolute Gasteiger partial charge is 0.399 e. The second-order valence-electron chi connectivity index (χ2n) is 6.68. The van der Waals surface area contributed by atoms with Gasteiger partial charge in [-0.1, -0.05) is 26.0 Å². The Morgan fingerprint density at radius 3 is 2.15 bits per heavy atom. The first kappa shape index (κ1) is 15.5. The van der Waals surface area contributed by atoms with Crippen molar-refractivity contribution in [2.24, 2.45) is 0 Å². The molecule has 0 aliphatic carbocycles. The summed E-state index contributed by atoms with van der Waals surface area (Å²) >= 11 is 0. The normalized spacial score (nSPS) is 22.1. The molecule has 0 spiro atoms. The summed E-state index contributed by atoms with van der Waals surface area (Å²) in [4.78, 5) is 0. The monoisotopic (exact) mass is 278 g/mol. The zero-order valence-electron chi connectivity index (χ0n) is 13.3. The van der Waals surface area contributed by atoms with E-state index in [1.54, 1.807) is 6.07 Å². The van der Waals surface area contributed by atoms with Gasteiger partial charge in [0.05, 0.1) is 11.2 Å². The van der Waals surface area contributed by atoms with Crippen LogP contribution in [0, 0.1) is 5.82 Å². The van der Waals surface area contributed by atoms with Gasteiger partial charge in [-0.2, -0.15) is 0 Å². The van der Waals surface area contributed by atoms with E-state index in [1.165, 1.54) is 0 Å². The molecule has 1 aliphatic heterocycles. The molecule has 1 heterocycles. The van der Waals surface area contributed by atoms with Crippen molar-refractivity contribution in [3.05, 3.63) is 29.6 Å². The highest BCUT2D eigenvalue weighted by molar-refractivity contribution is 6.62. The maximum Gasteiger partial charge on any atom is 0.494 e. The quantitative estimate of drug-likeness (QED) is 0.786. The largest absolute Gasteiger partial charge is 0.494 e. The first-order chi connectivity index (χ1) is 9.18. The fourth-order valence-corrected chi connectivity index (χ4v) is 2.29. The molecule has 4 heteroatoms. The molecule has 2 nitrogen and oxygen atoms in total. The highest BCUT2D eigenvalue weighted by atomic mass is 19.1. The number of rotatable bonds is 3. The van der Waals surface area contributed by atoms with Gasteiger partial charge >= 0.3 is 7.12 Å². The third-order valence-corrected chi connectivity index (χ3v) is 4.69. The van der Waals surface area contributed by atoms with E-state index in [4.69, 9.17) is 9.31 Å². The first-order valence-corrected chi connectivity index (χ1v) is 7.33. The van der Waals surface area contributed by atoms with Crippen molar-refractivity contribution in [1.82, 2.24) is 0 Å². The second kappa shape index (κ2) is 5.16. The van der Waals surface area contributed by atoms with E-state index < -0.39 is 18.3 Å². The van der Waals surface area contributed by atoms with Crippen LogP contribution in [-0.2, 0) is 9.31 Å². The van der Waals surface area contributed by atoms with Crippen LogP contribution in [0.4, 0.5) is 4.39 Å². The third-order valence-electron chi connectivity index (χ3n) is 4.69. The SMILES string of the molecule is CC[C@@H](C)c1ccc(B2OC(C)(C)C(C)(C)O2)cc1F. The molecule has 20 heavy (non-hydrogen) atoms. The molecule has 1 aromatic rings. The van der Waals surface area contributed by atoms with Gasteiger partial charge in [-0.15, -0.1) is 0 Å². The van der Waals surface area contributed by atoms with Gasteiger partial charge in [0.15, 0.2) is 0 Å². The van der Waals surface area contributed by atoms with Crippen molar-refractivity contribution < 1.29 is 13.7 Å². The van der Waals surface area contributed by atoms with E-state index >= 15 is 0 Å². The van der Waals surface area contributed by atoms with Crippen LogP contribution in [0.25, 0.3) is 0 Å². The average molecular weight is 278 g/mol.